The highest BCUT2D eigenvalue weighted by Crippen LogP contribution is 2.37. The molecule has 3 heteroatoms. The van der Waals surface area contributed by atoms with Gasteiger partial charge in [-0.1, -0.05) is 28.1 Å². The summed E-state index contributed by atoms with van der Waals surface area (Å²) in [5.74, 6) is -0.0399. The molecule has 0 N–H and O–H groups in total. The van der Waals surface area contributed by atoms with E-state index < -0.39 is 0 Å². The summed E-state index contributed by atoms with van der Waals surface area (Å²) in [5, 5.41) is 0.946. The zero-order chi connectivity index (χ0) is 11.1. The Hall–Kier alpha value is -0.310. The van der Waals surface area contributed by atoms with Gasteiger partial charge in [-0.25, -0.2) is 0 Å². The van der Waals surface area contributed by atoms with Gasteiger partial charge in [-0.3, -0.25) is 4.79 Å². The van der Waals surface area contributed by atoms with Gasteiger partial charge in [0.1, 0.15) is 0 Å². The van der Waals surface area contributed by atoms with Gasteiger partial charge in [0.2, 0.25) is 0 Å². The molecule has 0 bridgehead atoms. The molecule has 2 nitrogen and oxygen atoms in total. The van der Waals surface area contributed by atoms with Gasteiger partial charge < -0.3 is 4.74 Å². The van der Waals surface area contributed by atoms with Crippen molar-refractivity contribution in [2.45, 2.75) is 39.0 Å². The second-order valence-electron chi connectivity index (χ2n) is 3.96. The zero-order valence-electron chi connectivity index (χ0n) is 9.30. The highest BCUT2D eigenvalue weighted by molar-refractivity contribution is 9.09. The van der Waals surface area contributed by atoms with Gasteiger partial charge in [-0.05, 0) is 39.0 Å². The van der Waals surface area contributed by atoms with Crippen LogP contribution in [0.5, 0.6) is 0 Å². The van der Waals surface area contributed by atoms with E-state index in [0.29, 0.717) is 6.61 Å². The van der Waals surface area contributed by atoms with Crippen molar-refractivity contribution in [3.8, 4) is 0 Å². The van der Waals surface area contributed by atoms with E-state index >= 15 is 0 Å². The molecular weight excluding hydrogens is 256 g/mol. The Morgan fingerprint density at radius 3 is 2.93 bits per heavy atom. The first-order valence-electron chi connectivity index (χ1n) is 5.66. The van der Waals surface area contributed by atoms with Gasteiger partial charge in [0.05, 0.1) is 12.0 Å². The van der Waals surface area contributed by atoms with Gasteiger partial charge in [0.15, 0.2) is 0 Å². The lowest BCUT2D eigenvalue weighted by Gasteiger charge is -2.30. The third-order valence-electron chi connectivity index (χ3n) is 2.87. The van der Waals surface area contributed by atoms with Crippen LogP contribution < -0.4 is 0 Å². The Labute approximate surface area is 100 Å². The molecule has 1 rings (SSSR count). The molecule has 0 saturated heterocycles. The number of rotatable bonds is 5. The summed E-state index contributed by atoms with van der Waals surface area (Å²) >= 11 is 3.41. The molecule has 1 atom stereocenters. The number of carbonyl (C=O) groups excluding carboxylic acids is 1. The number of allylic oxidation sites excluding steroid dienone is 1. The van der Waals surface area contributed by atoms with E-state index in [4.69, 9.17) is 4.74 Å². The number of esters is 1. The van der Waals surface area contributed by atoms with Crippen LogP contribution in [0.2, 0.25) is 0 Å². The van der Waals surface area contributed by atoms with Crippen molar-refractivity contribution in [1.82, 2.24) is 0 Å². The molecule has 0 saturated carbocycles. The van der Waals surface area contributed by atoms with Crippen LogP contribution in [-0.4, -0.2) is 17.9 Å². The predicted octanol–water partition coefficient (Wildman–Crippen LogP) is 3.45. The molecule has 0 fully saturated rings. The summed E-state index contributed by atoms with van der Waals surface area (Å²) in [6.45, 7) is 2.34. The quantitative estimate of drug-likeness (QED) is 0.436. The van der Waals surface area contributed by atoms with Crippen LogP contribution >= 0.6 is 15.9 Å². The SMILES string of the molecule is CCOC(=O)C1(CCCBr)C=CCCC1. The van der Waals surface area contributed by atoms with Gasteiger partial charge in [-0.2, -0.15) is 0 Å². The lowest BCUT2D eigenvalue weighted by atomic mass is 9.75. The monoisotopic (exact) mass is 274 g/mol. The number of carbonyl (C=O) groups is 1. The molecule has 0 aliphatic heterocycles. The van der Waals surface area contributed by atoms with Crippen molar-refractivity contribution in [1.29, 1.82) is 0 Å². The first kappa shape index (κ1) is 12.8. The Balaban J connectivity index is 2.70. The largest absolute Gasteiger partial charge is 0.465 e. The summed E-state index contributed by atoms with van der Waals surface area (Å²) in [6, 6.07) is 0. The van der Waals surface area contributed by atoms with Crippen LogP contribution in [0.1, 0.15) is 39.0 Å². The van der Waals surface area contributed by atoms with E-state index in [0.717, 1.165) is 37.4 Å². The second-order valence-corrected chi connectivity index (χ2v) is 4.76. The maximum Gasteiger partial charge on any atom is 0.315 e. The maximum absolute atomic E-state index is 11.9. The average Bonchev–Trinajstić information content (AvgIpc) is 2.28. The van der Waals surface area contributed by atoms with E-state index in [9.17, 15) is 4.79 Å². The molecule has 1 unspecified atom stereocenters. The normalized spacial score (nSPS) is 25.2. The highest BCUT2D eigenvalue weighted by Gasteiger charge is 2.37. The molecule has 1 aliphatic carbocycles. The van der Waals surface area contributed by atoms with Crippen molar-refractivity contribution in [2.75, 3.05) is 11.9 Å². The van der Waals surface area contributed by atoms with E-state index in [2.05, 4.69) is 28.1 Å². The first-order valence-corrected chi connectivity index (χ1v) is 6.78. The van der Waals surface area contributed by atoms with Crippen molar-refractivity contribution < 1.29 is 9.53 Å². The summed E-state index contributed by atoms with van der Waals surface area (Å²) in [5.41, 5.74) is -0.331. The molecule has 0 aromatic rings. The van der Waals surface area contributed by atoms with Crippen LogP contribution in [0.3, 0.4) is 0 Å². The molecule has 0 heterocycles. The second kappa shape index (κ2) is 6.31. The highest BCUT2D eigenvalue weighted by atomic mass is 79.9. The molecule has 86 valence electrons. The number of ether oxygens (including phenoxy) is 1. The molecule has 0 radical (unpaired) electrons. The van der Waals surface area contributed by atoms with Crippen molar-refractivity contribution in [2.24, 2.45) is 5.41 Å². The van der Waals surface area contributed by atoms with Gasteiger partial charge >= 0.3 is 5.97 Å². The van der Waals surface area contributed by atoms with Crippen LogP contribution in [0.15, 0.2) is 12.2 Å². The first-order chi connectivity index (χ1) is 7.25. The minimum absolute atomic E-state index is 0.0399. The van der Waals surface area contributed by atoms with Crippen LogP contribution in [0.25, 0.3) is 0 Å². The van der Waals surface area contributed by atoms with Crippen LogP contribution in [0.4, 0.5) is 0 Å². The van der Waals surface area contributed by atoms with E-state index in [1.54, 1.807) is 0 Å². The summed E-state index contributed by atoms with van der Waals surface area (Å²) in [7, 11) is 0. The number of alkyl halides is 1. The van der Waals surface area contributed by atoms with E-state index in [1.807, 2.05) is 6.92 Å². The Bertz CT molecular complexity index is 238. The third kappa shape index (κ3) is 3.33. The molecule has 0 amide bonds. The summed E-state index contributed by atoms with van der Waals surface area (Å²) in [4.78, 5) is 11.9. The lowest BCUT2D eigenvalue weighted by Crippen LogP contribution is -2.32. The van der Waals surface area contributed by atoms with Gasteiger partial charge in [-0.15, -0.1) is 0 Å². The van der Waals surface area contributed by atoms with Crippen LogP contribution in [0, 0.1) is 5.41 Å². The molecule has 0 aromatic heterocycles. The third-order valence-corrected chi connectivity index (χ3v) is 3.43. The standard InChI is InChI=1S/C12H19BrO2/c1-2-15-11(14)12(9-6-10-13)7-4-3-5-8-12/h4,7H,2-3,5-6,8-10H2,1H3. The Morgan fingerprint density at radius 2 is 2.40 bits per heavy atom. The fraction of sp³-hybridized carbons (Fsp3) is 0.750. The fourth-order valence-corrected chi connectivity index (χ4v) is 2.35. The zero-order valence-corrected chi connectivity index (χ0v) is 10.9. The number of halogens is 1. The van der Waals surface area contributed by atoms with Gasteiger partial charge in [0.25, 0.3) is 0 Å². The van der Waals surface area contributed by atoms with Crippen molar-refractivity contribution >= 4 is 21.9 Å². The topological polar surface area (TPSA) is 26.3 Å². The van der Waals surface area contributed by atoms with E-state index in [1.165, 1.54) is 0 Å². The summed E-state index contributed by atoms with van der Waals surface area (Å²) in [6.07, 6.45) is 9.23. The predicted molar refractivity (Wildman–Crippen MR) is 65.1 cm³/mol. The molecule has 0 spiro atoms. The smallest absolute Gasteiger partial charge is 0.315 e. The minimum atomic E-state index is -0.331. The molecule has 1 aliphatic rings. The number of hydrogen-bond donors (Lipinski definition) is 0. The van der Waals surface area contributed by atoms with E-state index in [-0.39, 0.29) is 11.4 Å². The Morgan fingerprint density at radius 1 is 1.60 bits per heavy atom. The fourth-order valence-electron chi connectivity index (χ4n) is 2.07. The lowest BCUT2D eigenvalue weighted by molar-refractivity contribution is -0.153. The maximum atomic E-state index is 11.9. The van der Waals surface area contributed by atoms with Crippen LogP contribution in [-0.2, 0) is 9.53 Å². The van der Waals surface area contributed by atoms with Crippen molar-refractivity contribution in [3.63, 3.8) is 0 Å². The minimum Gasteiger partial charge on any atom is -0.465 e. The van der Waals surface area contributed by atoms with Gasteiger partial charge in [0, 0.05) is 5.33 Å². The van der Waals surface area contributed by atoms with Crippen molar-refractivity contribution in [3.05, 3.63) is 12.2 Å². The molecule has 15 heavy (non-hydrogen) atoms. The Kier molecular flexibility index (Phi) is 5.37. The molecular formula is C12H19BrO2. The average molecular weight is 275 g/mol. The number of hydrogen-bond acceptors (Lipinski definition) is 2. The summed E-state index contributed by atoms with van der Waals surface area (Å²) < 4.78 is 5.18. The molecule has 0 aromatic carbocycles.